The summed E-state index contributed by atoms with van der Waals surface area (Å²) < 4.78 is 0. The van der Waals surface area contributed by atoms with Gasteiger partial charge in [0.1, 0.15) is 5.69 Å². The van der Waals surface area contributed by atoms with Gasteiger partial charge in [0.25, 0.3) is 0 Å². The Morgan fingerprint density at radius 1 is 1.29 bits per heavy atom. The molecular formula is C13H22N6O2. The molecule has 0 bridgehead atoms. The van der Waals surface area contributed by atoms with Crippen LogP contribution in [0, 0.1) is 17.0 Å². The van der Waals surface area contributed by atoms with Crippen LogP contribution in [0.25, 0.3) is 0 Å². The normalized spacial score (nSPS) is 16.6. The number of nitrogens with zero attached hydrogens (tertiary/aromatic N) is 5. The number of nitrogens with one attached hydrogen (secondary N) is 1. The van der Waals surface area contributed by atoms with E-state index >= 15 is 0 Å². The van der Waals surface area contributed by atoms with Crippen LogP contribution in [0.2, 0.25) is 0 Å². The third kappa shape index (κ3) is 3.57. The van der Waals surface area contributed by atoms with E-state index in [0.717, 1.165) is 32.6 Å². The Bertz CT molecular complexity index is 522. The van der Waals surface area contributed by atoms with Crippen LogP contribution >= 0.6 is 0 Å². The van der Waals surface area contributed by atoms with Crippen molar-refractivity contribution in [3.63, 3.8) is 0 Å². The fourth-order valence-electron chi connectivity index (χ4n) is 2.48. The molecule has 0 aromatic carbocycles. The van der Waals surface area contributed by atoms with Crippen LogP contribution in [0.4, 0.5) is 17.5 Å². The van der Waals surface area contributed by atoms with Crippen LogP contribution in [0.1, 0.15) is 19.0 Å². The van der Waals surface area contributed by atoms with Gasteiger partial charge in [-0.05, 0) is 33.9 Å². The lowest BCUT2D eigenvalue weighted by molar-refractivity contribution is -0.385. The van der Waals surface area contributed by atoms with Crippen LogP contribution in [0.5, 0.6) is 0 Å². The Morgan fingerprint density at radius 3 is 2.71 bits per heavy atom. The molecule has 1 aromatic heterocycles. The van der Waals surface area contributed by atoms with E-state index in [1.54, 1.807) is 6.92 Å². The summed E-state index contributed by atoms with van der Waals surface area (Å²) in [6.45, 7) is 7.66. The summed E-state index contributed by atoms with van der Waals surface area (Å²) in [6, 6.07) is 0. The van der Waals surface area contributed by atoms with Crippen molar-refractivity contribution >= 4 is 17.5 Å². The number of nitro groups is 1. The fraction of sp³-hybridized carbons (Fsp3) is 0.692. The van der Waals surface area contributed by atoms with Crippen molar-refractivity contribution in [2.45, 2.75) is 20.3 Å². The zero-order valence-corrected chi connectivity index (χ0v) is 12.8. The molecule has 2 heterocycles. The van der Waals surface area contributed by atoms with E-state index in [1.165, 1.54) is 0 Å². The lowest BCUT2D eigenvalue weighted by Gasteiger charge is -2.22. The van der Waals surface area contributed by atoms with E-state index in [4.69, 9.17) is 0 Å². The van der Waals surface area contributed by atoms with Crippen molar-refractivity contribution in [2.24, 2.45) is 0 Å². The second kappa shape index (κ2) is 6.66. The topological polar surface area (TPSA) is 87.4 Å². The summed E-state index contributed by atoms with van der Waals surface area (Å²) in [4.78, 5) is 23.8. The first-order valence-corrected chi connectivity index (χ1v) is 7.23. The van der Waals surface area contributed by atoms with E-state index < -0.39 is 0 Å². The quantitative estimate of drug-likeness (QED) is 0.660. The van der Waals surface area contributed by atoms with E-state index in [-0.39, 0.29) is 10.6 Å². The lowest BCUT2D eigenvalue weighted by Crippen LogP contribution is -2.30. The maximum atomic E-state index is 11.4. The molecule has 8 nitrogen and oxygen atoms in total. The van der Waals surface area contributed by atoms with Gasteiger partial charge < -0.3 is 15.1 Å². The van der Waals surface area contributed by atoms with Crippen LogP contribution in [0.15, 0.2) is 0 Å². The highest BCUT2D eigenvalue weighted by Gasteiger charge is 2.27. The van der Waals surface area contributed by atoms with Gasteiger partial charge in [0.05, 0.1) is 4.92 Å². The highest BCUT2D eigenvalue weighted by molar-refractivity contribution is 5.62. The molecule has 0 unspecified atom stereocenters. The molecule has 116 valence electrons. The first-order valence-electron chi connectivity index (χ1n) is 7.23. The molecule has 0 saturated carbocycles. The van der Waals surface area contributed by atoms with Crippen molar-refractivity contribution in [3.05, 3.63) is 15.8 Å². The number of anilines is 2. The second-order valence-electron chi connectivity index (χ2n) is 5.24. The second-order valence-corrected chi connectivity index (χ2v) is 5.24. The minimum absolute atomic E-state index is 0.0150. The SMILES string of the molecule is CCNc1nc(C)c([N+](=O)[O-])c(N2CCCN(C)CC2)n1. The van der Waals surface area contributed by atoms with Gasteiger partial charge in [-0.1, -0.05) is 0 Å². The predicted molar refractivity (Wildman–Crippen MR) is 81.9 cm³/mol. The van der Waals surface area contributed by atoms with E-state index in [1.807, 2.05) is 11.8 Å². The molecule has 1 aliphatic rings. The average Bonchev–Trinajstić information content (AvgIpc) is 2.62. The first kappa shape index (κ1) is 15.4. The average molecular weight is 294 g/mol. The Hall–Kier alpha value is -1.96. The number of aromatic nitrogens is 2. The molecule has 0 aliphatic carbocycles. The summed E-state index contributed by atoms with van der Waals surface area (Å²) >= 11 is 0. The van der Waals surface area contributed by atoms with Crippen LogP contribution in [0.3, 0.4) is 0 Å². The predicted octanol–water partition coefficient (Wildman–Crippen LogP) is 1.27. The van der Waals surface area contributed by atoms with Gasteiger partial charge >= 0.3 is 5.69 Å². The first-order chi connectivity index (χ1) is 10.0. The Kier molecular flexibility index (Phi) is 4.89. The van der Waals surface area contributed by atoms with Gasteiger partial charge in [0.2, 0.25) is 11.8 Å². The van der Waals surface area contributed by atoms with Gasteiger partial charge in [0, 0.05) is 26.2 Å². The zero-order chi connectivity index (χ0) is 15.4. The van der Waals surface area contributed by atoms with Crippen molar-refractivity contribution in [2.75, 3.05) is 50.0 Å². The molecule has 0 amide bonds. The third-order valence-electron chi connectivity index (χ3n) is 3.58. The largest absolute Gasteiger partial charge is 0.354 e. The summed E-state index contributed by atoms with van der Waals surface area (Å²) in [5, 5.41) is 14.4. The van der Waals surface area contributed by atoms with Crippen molar-refractivity contribution in [1.82, 2.24) is 14.9 Å². The highest BCUT2D eigenvalue weighted by atomic mass is 16.6. The summed E-state index contributed by atoms with van der Waals surface area (Å²) in [7, 11) is 2.06. The van der Waals surface area contributed by atoms with E-state index in [0.29, 0.717) is 24.0 Å². The van der Waals surface area contributed by atoms with Crippen molar-refractivity contribution in [3.8, 4) is 0 Å². The van der Waals surface area contributed by atoms with Crippen LogP contribution < -0.4 is 10.2 Å². The molecule has 8 heteroatoms. The molecule has 0 atom stereocenters. The molecule has 1 aliphatic heterocycles. The number of hydrogen-bond acceptors (Lipinski definition) is 7. The van der Waals surface area contributed by atoms with Gasteiger partial charge in [-0.15, -0.1) is 0 Å². The zero-order valence-electron chi connectivity index (χ0n) is 12.8. The molecule has 0 radical (unpaired) electrons. The van der Waals surface area contributed by atoms with Gasteiger partial charge in [0.15, 0.2) is 0 Å². The number of hydrogen-bond donors (Lipinski definition) is 1. The Morgan fingerprint density at radius 2 is 2.05 bits per heavy atom. The maximum Gasteiger partial charge on any atom is 0.332 e. The monoisotopic (exact) mass is 294 g/mol. The van der Waals surface area contributed by atoms with E-state index in [2.05, 4.69) is 27.2 Å². The van der Waals surface area contributed by atoms with Gasteiger partial charge in [-0.3, -0.25) is 10.1 Å². The summed E-state index contributed by atoms with van der Waals surface area (Å²) in [5.74, 6) is 0.881. The van der Waals surface area contributed by atoms with E-state index in [9.17, 15) is 10.1 Å². The van der Waals surface area contributed by atoms with Crippen molar-refractivity contribution < 1.29 is 4.92 Å². The van der Waals surface area contributed by atoms with Crippen LogP contribution in [-0.4, -0.2) is 59.6 Å². The molecule has 1 N–H and O–H groups in total. The summed E-state index contributed by atoms with van der Waals surface area (Å²) in [6.07, 6.45) is 0.966. The molecular weight excluding hydrogens is 272 g/mol. The minimum atomic E-state index is -0.380. The number of aryl methyl sites for hydroxylation is 1. The van der Waals surface area contributed by atoms with Crippen LogP contribution in [-0.2, 0) is 0 Å². The molecule has 1 aromatic rings. The highest BCUT2D eigenvalue weighted by Crippen LogP contribution is 2.30. The maximum absolute atomic E-state index is 11.4. The molecule has 1 saturated heterocycles. The smallest absolute Gasteiger partial charge is 0.332 e. The molecule has 21 heavy (non-hydrogen) atoms. The fourth-order valence-corrected chi connectivity index (χ4v) is 2.48. The van der Waals surface area contributed by atoms with Gasteiger partial charge in [-0.2, -0.15) is 4.98 Å². The van der Waals surface area contributed by atoms with Gasteiger partial charge in [-0.25, -0.2) is 4.98 Å². The Balaban J connectivity index is 2.40. The molecule has 2 rings (SSSR count). The molecule has 1 fully saturated rings. The number of rotatable bonds is 4. The Labute approximate surface area is 124 Å². The molecule has 0 spiro atoms. The number of likely N-dealkylation sites (N-methyl/N-ethyl adjacent to an activating group) is 1. The lowest BCUT2D eigenvalue weighted by atomic mass is 10.3. The standard InChI is InChI=1S/C13H22N6O2/c1-4-14-13-15-10(2)11(19(20)21)12(16-13)18-7-5-6-17(3)8-9-18/h4-9H2,1-3H3,(H,14,15,16). The van der Waals surface area contributed by atoms with Crippen molar-refractivity contribution in [1.29, 1.82) is 0 Å². The summed E-state index contributed by atoms with van der Waals surface area (Å²) in [5.41, 5.74) is 0.416. The third-order valence-corrected chi connectivity index (χ3v) is 3.58. The minimum Gasteiger partial charge on any atom is -0.354 e.